The maximum atomic E-state index is 14.9. The van der Waals surface area contributed by atoms with E-state index in [1.54, 1.807) is 56.1 Å². The number of fused-ring (bicyclic) bond motifs is 2. The summed E-state index contributed by atoms with van der Waals surface area (Å²) < 4.78 is 55.0. The molecular formula is C59H76Cl3F3N10O8. The molecule has 4 aromatic rings. The number of nitrogens with zero attached hydrogens (tertiary/aromatic N) is 4. The number of para-hydroxylation sites is 1. The number of anilines is 3. The minimum Gasteiger partial charge on any atom is -0.381 e. The van der Waals surface area contributed by atoms with E-state index >= 15 is 0 Å². The van der Waals surface area contributed by atoms with Gasteiger partial charge in [-0.3, -0.25) is 38.6 Å². The van der Waals surface area contributed by atoms with Gasteiger partial charge in [-0.1, -0.05) is 36.4 Å². The van der Waals surface area contributed by atoms with Crippen molar-refractivity contribution >= 4 is 89.7 Å². The average molecular weight is 1220 g/mol. The van der Waals surface area contributed by atoms with Gasteiger partial charge in [0.05, 0.1) is 37.8 Å². The molecule has 83 heavy (non-hydrogen) atoms. The number of nitrogens with one attached hydrogen (secondary N) is 6. The summed E-state index contributed by atoms with van der Waals surface area (Å²) in [5.74, 6) is -5.74. The van der Waals surface area contributed by atoms with E-state index in [-0.39, 0.29) is 99.0 Å². The molecule has 5 aliphatic heterocycles. The van der Waals surface area contributed by atoms with Gasteiger partial charge < -0.3 is 51.2 Å². The molecule has 0 aromatic heterocycles. The molecule has 5 heterocycles. The van der Waals surface area contributed by atoms with Crippen LogP contribution in [0, 0.1) is 23.4 Å². The highest BCUT2D eigenvalue weighted by Crippen LogP contribution is 2.42. The van der Waals surface area contributed by atoms with Crippen molar-refractivity contribution in [2.24, 2.45) is 5.92 Å². The second-order valence-electron chi connectivity index (χ2n) is 22.2. The van der Waals surface area contributed by atoms with E-state index < -0.39 is 76.9 Å². The maximum Gasteiger partial charge on any atom is 0.247 e. The maximum absolute atomic E-state index is 14.9. The Labute approximate surface area is 501 Å². The lowest BCUT2D eigenvalue weighted by molar-refractivity contribution is -0.145. The second-order valence-corrected chi connectivity index (χ2v) is 22.2. The van der Waals surface area contributed by atoms with Gasteiger partial charge in [-0.25, -0.2) is 13.2 Å². The fourth-order valence-corrected chi connectivity index (χ4v) is 11.6. The number of hydrogen-bond donors (Lipinski definition) is 6. The van der Waals surface area contributed by atoms with E-state index in [2.05, 4.69) is 55.5 Å². The van der Waals surface area contributed by atoms with Crippen molar-refractivity contribution < 1.29 is 51.4 Å². The number of carbonyl (C=O) groups is 6. The molecule has 0 saturated carbocycles. The van der Waals surface area contributed by atoms with Crippen molar-refractivity contribution in [1.29, 1.82) is 0 Å². The lowest BCUT2D eigenvalue weighted by Gasteiger charge is -2.43. The number of halogens is 6. The number of hydrogen-bond acceptors (Lipinski definition) is 12. The molecule has 3 fully saturated rings. The third-order valence-electron chi connectivity index (χ3n) is 16.5. The minimum absolute atomic E-state index is 0. The Morgan fingerprint density at radius 2 is 1.54 bits per heavy atom. The molecule has 24 heteroatoms. The Hall–Kier alpha value is -5.88. The summed E-state index contributed by atoms with van der Waals surface area (Å²) in [5, 5.41) is 17.4. The third kappa shape index (κ3) is 15.5. The predicted molar refractivity (Wildman–Crippen MR) is 317 cm³/mol. The number of piperazine rings is 1. The van der Waals surface area contributed by atoms with Crippen LogP contribution in [0.2, 0.25) is 0 Å². The number of likely N-dealkylation sites (N-methyl/N-ethyl adjacent to an activating group) is 1. The fraction of sp³-hybridized carbons (Fsp3) is 0.492. The van der Waals surface area contributed by atoms with Crippen LogP contribution < -0.4 is 36.8 Å². The Bertz CT molecular complexity index is 2940. The Kier molecular flexibility index (Phi) is 23.4. The van der Waals surface area contributed by atoms with Gasteiger partial charge in [0.25, 0.3) is 0 Å². The Morgan fingerprint density at radius 1 is 0.831 bits per heavy atom. The molecule has 3 unspecified atom stereocenters. The Balaban J connectivity index is 0.00000369. The molecule has 3 saturated heterocycles. The van der Waals surface area contributed by atoms with Crippen LogP contribution in [0.4, 0.5) is 30.2 Å². The van der Waals surface area contributed by atoms with Crippen molar-refractivity contribution in [2.75, 3.05) is 94.8 Å². The zero-order valence-corrected chi connectivity index (χ0v) is 49.7. The second kappa shape index (κ2) is 29.3. The van der Waals surface area contributed by atoms with E-state index in [9.17, 15) is 41.9 Å². The Morgan fingerprint density at radius 3 is 2.24 bits per heavy atom. The number of benzene rings is 4. The van der Waals surface area contributed by atoms with Crippen molar-refractivity contribution in [3.63, 3.8) is 0 Å². The van der Waals surface area contributed by atoms with Gasteiger partial charge in [0, 0.05) is 88.4 Å². The van der Waals surface area contributed by atoms with Crippen LogP contribution in [0.5, 0.6) is 0 Å². The van der Waals surface area contributed by atoms with Crippen LogP contribution in [0.15, 0.2) is 78.9 Å². The van der Waals surface area contributed by atoms with Crippen LogP contribution in [-0.4, -0.2) is 166 Å². The number of morpholine rings is 1. The van der Waals surface area contributed by atoms with Crippen LogP contribution in [0.1, 0.15) is 68.4 Å². The summed E-state index contributed by atoms with van der Waals surface area (Å²) in [6, 6.07) is 17.5. The minimum atomic E-state index is -1.27. The van der Waals surface area contributed by atoms with Crippen LogP contribution in [-0.2, 0) is 63.0 Å². The van der Waals surface area contributed by atoms with E-state index in [1.165, 1.54) is 23.1 Å². The zero-order chi connectivity index (χ0) is 56.8. The molecule has 6 amide bonds. The van der Waals surface area contributed by atoms with E-state index in [0.29, 0.717) is 86.8 Å². The topological polar surface area (TPSA) is 206 Å². The summed E-state index contributed by atoms with van der Waals surface area (Å²) in [5.41, 5.74) is 2.55. The first kappa shape index (κ1) is 66.3. The summed E-state index contributed by atoms with van der Waals surface area (Å²) >= 11 is 0. The predicted octanol–water partition coefficient (Wildman–Crippen LogP) is 5.11. The summed E-state index contributed by atoms with van der Waals surface area (Å²) in [7, 11) is 1.61. The molecule has 0 spiro atoms. The summed E-state index contributed by atoms with van der Waals surface area (Å²) in [6.07, 6.45) is 1.30. The van der Waals surface area contributed by atoms with Crippen molar-refractivity contribution in [2.45, 2.75) is 102 Å². The highest BCUT2D eigenvalue weighted by molar-refractivity contribution is 6.04. The van der Waals surface area contributed by atoms with Crippen LogP contribution in [0.3, 0.4) is 0 Å². The van der Waals surface area contributed by atoms with Crippen molar-refractivity contribution in [1.82, 2.24) is 36.0 Å². The van der Waals surface area contributed by atoms with Gasteiger partial charge in [0.1, 0.15) is 35.2 Å². The molecule has 0 bridgehead atoms. The molecule has 9 rings (SSSR count). The van der Waals surface area contributed by atoms with E-state index in [1.807, 2.05) is 18.2 Å². The molecule has 6 N–H and O–H groups in total. The monoisotopic (exact) mass is 1210 g/mol. The number of amides is 6. The van der Waals surface area contributed by atoms with Gasteiger partial charge in [-0.15, -0.1) is 37.2 Å². The number of carbonyl (C=O) groups excluding carboxylic acids is 6. The lowest BCUT2D eigenvalue weighted by atomic mass is 9.83. The average Bonchev–Trinajstić information content (AvgIpc) is 3.81. The molecule has 452 valence electrons. The van der Waals surface area contributed by atoms with Gasteiger partial charge in [0.15, 0.2) is 0 Å². The van der Waals surface area contributed by atoms with Crippen LogP contribution >= 0.6 is 37.2 Å². The molecular weight excluding hydrogens is 1140 g/mol. The van der Waals surface area contributed by atoms with Crippen LogP contribution in [0.25, 0.3) is 0 Å². The van der Waals surface area contributed by atoms with Crippen molar-refractivity contribution in [3.05, 3.63) is 124 Å². The lowest BCUT2D eigenvalue weighted by Crippen LogP contribution is -2.62. The molecule has 0 aliphatic carbocycles. The number of rotatable bonds is 17. The molecule has 7 atom stereocenters. The highest BCUT2D eigenvalue weighted by Gasteiger charge is 2.48. The van der Waals surface area contributed by atoms with Gasteiger partial charge in [-0.2, -0.15) is 0 Å². The van der Waals surface area contributed by atoms with Gasteiger partial charge in [0.2, 0.25) is 35.4 Å². The van der Waals surface area contributed by atoms with Gasteiger partial charge >= 0.3 is 0 Å². The quantitative estimate of drug-likeness (QED) is 0.0817. The van der Waals surface area contributed by atoms with E-state index in [0.717, 1.165) is 36.3 Å². The SMILES string of the molecule is CNC(C)C(=O)NC(C(=O)N1Cc2cc(NC(=O)CNC(=O)C3(C)CN(C(=O)CN4C[C@@H](C)NC[C@@H]4CN4CCOC[C@H]4C)c4cc(Cc5ccc(F)cc5)ccc43)ccc2C[C@H]1C(=O)Nc1c(F)cccc1F)C1CCOCC1.Cl.Cl.Cl. The first-order valence-corrected chi connectivity index (χ1v) is 27.7. The first-order valence-electron chi connectivity index (χ1n) is 27.7. The smallest absolute Gasteiger partial charge is 0.247 e. The molecule has 0 radical (unpaired) electrons. The standard InChI is InChI=1S/C59H73F3N10O8.3ClH/c1-35-29-70(45(27-64-35)31-69-19-22-80-33-36(69)2)32-52(74)72-34-59(4,46-16-11-39(24-49(46)72)23-38-9-13-43(60)14-10-38)58(78)65-28-51(73)66-44-15-12-41-26-50(56(76)68-54-47(61)7-6-8-48(54)62)71(30-42(41)25-44)57(77)53(40-17-20-79-21-18-40)67-55(75)37(3)63-5;;;/h6-16,24-25,35-37,40,45,50,53,63-64H,17-23,26-34H2,1-5H3,(H,65,78)(H,66,73)(H,67,75)(H,68,76);3*1H/t35-,36-,37?,45-,50+,53?,59?;;;/m1.../s1. The largest absolute Gasteiger partial charge is 0.381 e. The number of ether oxygens (including phenoxy) is 2. The fourth-order valence-electron chi connectivity index (χ4n) is 11.6. The molecule has 5 aliphatic rings. The highest BCUT2D eigenvalue weighted by atomic mass is 35.5. The van der Waals surface area contributed by atoms with E-state index in [4.69, 9.17) is 9.47 Å². The molecule has 18 nitrogen and oxygen atoms in total. The summed E-state index contributed by atoms with van der Waals surface area (Å²) in [6.45, 7) is 12.1. The third-order valence-corrected chi connectivity index (χ3v) is 16.5. The first-order chi connectivity index (χ1) is 38.4. The summed E-state index contributed by atoms with van der Waals surface area (Å²) in [4.78, 5) is 93.2. The van der Waals surface area contributed by atoms with Crippen molar-refractivity contribution in [3.8, 4) is 0 Å². The molecule has 4 aromatic carbocycles. The zero-order valence-electron chi connectivity index (χ0n) is 47.3. The normalized spacial score (nSPS) is 22.5. The van der Waals surface area contributed by atoms with Gasteiger partial charge in [-0.05, 0) is 130 Å².